The standard InChI is InChI=1S/C7H11O2/c1-6(2)4-3-5-7(8)9/h3,5-6H,1,4H2,2H3,(H,8,9). The summed E-state index contributed by atoms with van der Waals surface area (Å²) < 4.78 is 0. The molecule has 0 rings (SSSR count). The summed E-state index contributed by atoms with van der Waals surface area (Å²) in [6.07, 6.45) is 3.48. The number of aliphatic carboxylic acids is 1. The van der Waals surface area contributed by atoms with Crippen molar-refractivity contribution in [2.24, 2.45) is 5.92 Å². The van der Waals surface area contributed by atoms with Gasteiger partial charge < -0.3 is 5.11 Å². The Balaban J connectivity index is 3.36. The predicted molar refractivity (Wildman–Crippen MR) is 35.9 cm³/mol. The van der Waals surface area contributed by atoms with E-state index in [4.69, 9.17) is 5.11 Å². The molecule has 0 heterocycles. The normalized spacial score (nSPS) is 11.0. The van der Waals surface area contributed by atoms with E-state index in [0.29, 0.717) is 5.92 Å². The third kappa shape index (κ3) is 7.21. The smallest absolute Gasteiger partial charge is 0.327 e. The first-order chi connectivity index (χ1) is 4.13. The first-order valence-corrected chi connectivity index (χ1v) is 2.85. The molecule has 51 valence electrons. The van der Waals surface area contributed by atoms with Crippen molar-refractivity contribution in [1.29, 1.82) is 0 Å². The van der Waals surface area contributed by atoms with Crippen LogP contribution in [-0.2, 0) is 4.79 Å². The Morgan fingerprint density at radius 1 is 1.89 bits per heavy atom. The summed E-state index contributed by atoms with van der Waals surface area (Å²) in [5.41, 5.74) is 0. The topological polar surface area (TPSA) is 37.3 Å². The second-order valence-electron chi connectivity index (χ2n) is 2.08. The lowest BCUT2D eigenvalue weighted by molar-refractivity contribution is -0.131. The quantitative estimate of drug-likeness (QED) is 0.583. The summed E-state index contributed by atoms with van der Waals surface area (Å²) in [5.74, 6) is -0.601. The molecule has 0 saturated carbocycles. The molecular weight excluding hydrogens is 116 g/mol. The van der Waals surface area contributed by atoms with Crippen molar-refractivity contribution in [3.63, 3.8) is 0 Å². The van der Waals surface area contributed by atoms with Crippen molar-refractivity contribution in [2.75, 3.05) is 0 Å². The fourth-order valence-electron chi connectivity index (χ4n) is 0.401. The van der Waals surface area contributed by atoms with Gasteiger partial charge in [-0.15, -0.1) is 0 Å². The van der Waals surface area contributed by atoms with Crippen LogP contribution in [0.3, 0.4) is 0 Å². The number of hydrogen-bond acceptors (Lipinski definition) is 1. The van der Waals surface area contributed by atoms with Crippen LogP contribution in [0.1, 0.15) is 13.3 Å². The first-order valence-electron chi connectivity index (χ1n) is 2.85. The van der Waals surface area contributed by atoms with E-state index in [1.807, 2.05) is 6.92 Å². The predicted octanol–water partition coefficient (Wildman–Crippen LogP) is 1.49. The SMILES string of the molecule is [CH2]C(C)CC=CC(=O)O. The van der Waals surface area contributed by atoms with E-state index in [2.05, 4.69) is 6.92 Å². The van der Waals surface area contributed by atoms with Gasteiger partial charge in [0.05, 0.1) is 0 Å². The number of carbonyl (C=O) groups is 1. The minimum atomic E-state index is -0.893. The summed E-state index contributed by atoms with van der Waals surface area (Å²) in [7, 11) is 0. The van der Waals surface area contributed by atoms with Crippen LogP contribution in [0.2, 0.25) is 0 Å². The highest BCUT2D eigenvalue weighted by molar-refractivity contribution is 5.79. The van der Waals surface area contributed by atoms with E-state index in [1.54, 1.807) is 6.08 Å². The minimum Gasteiger partial charge on any atom is -0.478 e. The van der Waals surface area contributed by atoms with E-state index in [-0.39, 0.29) is 0 Å². The fraction of sp³-hybridized carbons (Fsp3) is 0.429. The summed E-state index contributed by atoms with van der Waals surface area (Å²) in [6, 6.07) is 0. The van der Waals surface area contributed by atoms with E-state index in [9.17, 15) is 4.79 Å². The molecule has 1 unspecified atom stereocenters. The molecule has 1 atom stereocenters. The molecular formula is C7H11O2. The highest BCUT2D eigenvalue weighted by Crippen LogP contribution is 1.98. The van der Waals surface area contributed by atoms with Gasteiger partial charge in [-0.05, 0) is 12.3 Å². The van der Waals surface area contributed by atoms with E-state index in [1.165, 1.54) is 0 Å². The maximum Gasteiger partial charge on any atom is 0.327 e. The van der Waals surface area contributed by atoms with Crippen molar-refractivity contribution in [1.82, 2.24) is 0 Å². The zero-order chi connectivity index (χ0) is 7.28. The molecule has 0 aliphatic heterocycles. The van der Waals surface area contributed by atoms with Gasteiger partial charge in [0.25, 0.3) is 0 Å². The second-order valence-corrected chi connectivity index (χ2v) is 2.08. The van der Waals surface area contributed by atoms with Crippen LogP contribution in [0.25, 0.3) is 0 Å². The molecule has 0 aromatic carbocycles. The van der Waals surface area contributed by atoms with Gasteiger partial charge in [0.2, 0.25) is 0 Å². The van der Waals surface area contributed by atoms with Crippen molar-refractivity contribution >= 4 is 5.97 Å². The van der Waals surface area contributed by atoms with E-state index < -0.39 is 5.97 Å². The van der Waals surface area contributed by atoms with Gasteiger partial charge in [-0.1, -0.05) is 19.9 Å². The molecule has 9 heavy (non-hydrogen) atoms. The van der Waals surface area contributed by atoms with Crippen LogP contribution in [0.15, 0.2) is 12.2 Å². The Kier molecular flexibility index (Phi) is 3.76. The molecule has 2 nitrogen and oxygen atoms in total. The Morgan fingerprint density at radius 2 is 2.44 bits per heavy atom. The Bertz CT molecular complexity index is 114. The molecule has 0 aromatic heterocycles. The molecule has 0 fully saturated rings. The highest BCUT2D eigenvalue weighted by atomic mass is 16.4. The van der Waals surface area contributed by atoms with Crippen LogP contribution in [0, 0.1) is 12.8 Å². The Labute approximate surface area is 55.2 Å². The minimum absolute atomic E-state index is 0.292. The second kappa shape index (κ2) is 4.13. The molecule has 1 radical (unpaired) electrons. The average Bonchev–Trinajstić information content (AvgIpc) is 1.63. The largest absolute Gasteiger partial charge is 0.478 e. The molecule has 2 heteroatoms. The summed E-state index contributed by atoms with van der Waals surface area (Å²) in [5, 5.41) is 8.12. The lowest BCUT2D eigenvalue weighted by atomic mass is 10.1. The summed E-state index contributed by atoms with van der Waals surface area (Å²) in [6.45, 7) is 5.63. The fourth-order valence-corrected chi connectivity index (χ4v) is 0.401. The first kappa shape index (κ1) is 8.21. The van der Waals surface area contributed by atoms with Crippen molar-refractivity contribution in [2.45, 2.75) is 13.3 Å². The highest BCUT2D eigenvalue weighted by Gasteiger charge is 1.88. The van der Waals surface area contributed by atoms with Gasteiger partial charge in [-0.25, -0.2) is 4.79 Å². The third-order valence-corrected chi connectivity index (χ3v) is 0.799. The van der Waals surface area contributed by atoms with Crippen LogP contribution in [-0.4, -0.2) is 11.1 Å². The van der Waals surface area contributed by atoms with Crippen LogP contribution in [0.5, 0.6) is 0 Å². The van der Waals surface area contributed by atoms with Gasteiger partial charge in [0.15, 0.2) is 0 Å². The van der Waals surface area contributed by atoms with Gasteiger partial charge in [-0.2, -0.15) is 0 Å². The van der Waals surface area contributed by atoms with Crippen molar-refractivity contribution in [3.8, 4) is 0 Å². The molecule has 0 amide bonds. The van der Waals surface area contributed by atoms with E-state index >= 15 is 0 Å². The van der Waals surface area contributed by atoms with Crippen molar-refractivity contribution < 1.29 is 9.90 Å². The average molecular weight is 127 g/mol. The lowest BCUT2D eigenvalue weighted by Crippen LogP contribution is -1.88. The molecule has 0 aliphatic carbocycles. The van der Waals surface area contributed by atoms with Gasteiger partial charge >= 0.3 is 5.97 Å². The van der Waals surface area contributed by atoms with E-state index in [0.717, 1.165) is 12.5 Å². The monoisotopic (exact) mass is 127 g/mol. The number of carboxylic acids is 1. The number of rotatable bonds is 3. The number of carboxylic acid groups (broad SMARTS) is 1. The molecule has 0 spiro atoms. The summed E-state index contributed by atoms with van der Waals surface area (Å²) >= 11 is 0. The molecule has 0 saturated heterocycles. The number of allylic oxidation sites excluding steroid dienone is 1. The van der Waals surface area contributed by atoms with Crippen LogP contribution < -0.4 is 0 Å². The van der Waals surface area contributed by atoms with Crippen molar-refractivity contribution in [3.05, 3.63) is 19.1 Å². The number of hydrogen-bond donors (Lipinski definition) is 1. The third-order valence-electron chi connectivity index (χ3n) is 0.799. The maximum absolute atomic E-state index is 9.87. The molecule has 0 bridgehead atoms. The lowest BCUT2D eigenvalue weighted by Gasteiger charge is -1.93. The summed E-state index contributed by atoms with van der Waals surface area (Å²) in [4.78, 5) is 9.87. The zero-order valence-corrected chi connectivity index (χ0v) is 5.50. The maximum atomic E-state index is 9.87. The van der Waals surface area contributed by atoms with Gasteiger partial charge in [0.1, 0.15) is 0 Å². The van der Waals surface area contributed by atoms with Crippen LogP contribution >= 0.6 is 0 Å². The van der Waals surface area contributed by atoms with Gasteiger partial charge in [0, 0.05) is 6.08 Å². The molecule has 0 aromatic rings. The van der Waals surface area contributed by atoms with Gasteiger partial charge in [-0.3, -0.25) is 0 Å². The Morgan fingerprint density at radius 3 is 2.78 bits per heavy atom. The molecule has 1 N–H and O–H groups in total. The van der Waals surface area contributed by atoms with Crippen LogP contribution in [0.4, 0.5) is 0 Å². The molecule has 0 aliphatic rings. The zero-order valence-electron chi connectivity index (χ0n) is 5.50. The Hall–Kier alpha value is -0.790.